The largest absolute Gasteiger partial charge is 0.495 e. The van der Waals surface area contributed by atoms with Gasteiger partial charge in [-0.1, -0.05) is 32.0 Å². The average molecular weight is 248 g/mol. The molecular formula is C11H15F3N2O. The third kappa shape index (κ3) is 3.90. The molecule has 0 aliphatic rings. The van der Waals surface area contributed by atoms with Crippen LogP contribution in [0.1, 0.15) is 13.8 Å². The van der Waals surface area contributed by atoms with Crippen molar-refractivity contribution in [3.63, 3.8) is 0 Å². The van der Waals surface area contributed by atoms with E-state index in [1.54, 1.807) is 0 Å². The molecule has 17 heavy (non-hydrogen) atoms. The Labute approximate surface area is 96.9 Å². The van der Waals surface area contributed by atoms with Crippen molar-refractivity contribution in [1.82, 2.24) is 0 Å². The summed E-state index contributed by atoms with van der Waals surface area (Å²) >= 11 is 0. The quantitative estimate of drug-likeness (QED) is 0.639. The van der Waals surface area contributed by atoms with Crippen LogP contribution in [0, 0.1) is 0 Å². The Morgan fingerprint density at radius 2 is 1.47 bits per heavy atom. The molecule has 96 valence electrons. The third-order valence-electron chi connectivity index (χ3n) is 1.80. The topological polar surface area (TPSA) is 72.3 Å². The van der Waals surface area contributed by atoms with Crippen molar-refractivity contribution in [1.29, 1.82) is 0 Å². The second kappa shape index (κ2) is 6.03. The highest BCUT2D eigenvalue weighted by Gasteiger charge is 2.32. The van der Waals surface area contributed by atoms with Gasteiger partial charge in [-0.15, -0.1) is 0 Å². The first-order valence-electron chi connectivity index (χ1n) is 4.95. The van der Waals surface area contributed by atoms with E-state index in [0.29, 0.717) is 0 Å². The van der Waals surface area contributed by atoms with Crippen LogP contribution in [-0.4, -0.2) is 11.3 Å². The molecule has 1 aromatic carbocycles. The molecule has 0 amide bonds. The predicted octanol–water partition coefficient (Wildman–Crippen LogP) is 0.924. The van der Waals surface area contributed by atoms with Crippen LogP contribution in [0.2, 0.25) is 0 Å². The number of hydrogen-bond acceptors (Lipinski definition) is 3. The van der Waals surface area contributed by atoms with Gasteiger partial charge >= 0.3 is 6.18 Å². The van der Waals surface area contributed by atoms with Crippen molar-refractivity contribution >= 4 is 11.6 Å². The van der Waals surface area contributed by atoms with Crippen LogP contribution in [0.4, 0.5) is 13.2 Å². The minimum atomic E-state index is -4.65. The Kier molecular flexibility index (Phi) is 5.37. The van der Waals surface area contributed by atoms with Crippen LogP contribution >= 0.6 is 0 Å². The maximum atomic E-state index is 12.3. The minimum Gasteiger partial charge on any atom is -0.495 e. The zero-order valence-electron chi connectivity index (χ0n) is 9.55. The highest BCUT2D eigenvalue weighted by atomic mass is 19.4. The lowest BCUT2D eigenvalue weighted by atomic mass is 10.2. The fraction of sp³-hybridized carbons (Fsp3) is 0.273. The highest BCUT2D eigenvalue weighted by molar-refractivity contribution is 5.48. The molecule has 1 aromatic rings. The molecule has 0 heterocycles. The molecule has 0 aromatic heterocycles. The van der Waals surface area contributed by atoms with Gasteiger partial charge in [0.25, 0.3) is 0 Å². The van der Waals surface area contributed by atoms with Crippen LogP contribution in [0.15, 0.2) is 24.3 Å². The van der Waals surface area contributed by atoms with Gasteiger partial charge in [-0.2, -0.15) is 13.2 Å². The van der Waals surface area contributed by atoms with Gasteiger partial charge in [0.1, 0.15) is 5.70 Å². The molecule has 0 saturated carbocycles. The van der Waals surface area contributed by atoms with E-state index in [1.165, 1.54) is 18.2 Å². The highest BCUT2D eigenvalue weighted by Crippen LogP contribution is 2.20. The summed E-state index contributed by atoms with van der Waals surface area (Å²) in [6.07, 6.45) is -4.65. The number of hydrogen-bond donors (Lipinski definition) is 3. The van der Waals surface area contributed by atoms with Gasteiger partial charge < -0.3 is 16.6 Å². The van der Waals surface area contributed by atoms with Gasteiger partial charge in [-0.3, -0.25) is 0 Å². The van der Waals surface area contributed by atoms with Crippen LogP contribution in [0.3, 0.4) is 0 Å². The Hall–Kier alpha value is -1.85. The summed E-state index contributed by atoms with van der Waals surface area (Å²) in [7, 11) is 0. The van der Waals surface area contributed by atoms with E-state index >= 15 is 0 Å². The van der Waals surface area contributed by atoms with Crippen molar-refractivity contribution in [2.24, 2.45) is 11.5 Å². The Morgan fingerprint density at radius 3 is 1.82 bits per heavy atom. The summed E-state index contributed by atoms with van der Waals surface area (Å²) in [5.74, 6) is -0.696. The molecule has 1 rings (SSSR count). The lowest BCUT2D eigenvalue weighted by Gasteiger charge is -2.06. The standard InChI is InChI=1S/C9H9F3N2O.C2H6/c10-9(11,12)7(13)5-3-1-2-4-6(5)8(14)15;1-2/h1-4,15H,13-14H2;1-2H3/b7-5-,8-6+;. The zero-order valence-corrected chi connectivity index (χ0v) is 9.55. The molecule has 0 bridgehead atoms. The van der Waals surface area contributed by atoms with Gasteiger partial charge in [-0.05, 0) is 6.07 Å². The van der Waals surface area contributed by atoms with Crippen LogP contribution in [0.25, 0.3) is 11.6 Å². The van der Waals surface area contributed by atoms with Crippen LogP contribution in [-0.2, 0) is 0 Å². The van der Waals surface area contributed by atoms with E-state index in [0.717, 1.165) is 6.07 Å². The molecule has 6 heteroatoms. The van der Waals surface area contributed by atoms with E-state index in [1.807, 2.05) is 13.8 Å². The lowest BCUT2D eigenvalue weighted by molar-refractivity contribution is -0.0719. The van der Waals surface area contributed by atoms with E-state index in [2.05, 4.69) is 0 Å². The first-order chi connectivity index (χ1) is 7.84. The molecule has 0 saturated heterocycles. The Balaban J connectivity index is 0.00000121. The second-order valence-corrected chi connectivity index (χ2v) is 2.84. The third-order valence-corrected chi connectivity index (χ3v) is 1.80. The Bertz CT molecular complexity index is 476. The first kappa shape index (κ1) is 15.2. The number of aliphatic hydroxyl groups excluding tert-OH is 1. The van der Waals surface area contributed by atoms with Crippen LogP contribution < -0.4 is 21.9 Å². The summed E-state index contributed by atoms with van der Waals surface area (Å²) in [5, 5.41) is 8.52. The number of nitrogens with two attached hydrogens (primary N) is 2. The number of aliphatic hydroxyl groups is 1. The molecular weight excluding hydrogens is 233 g/mol. The van der Waals surface area contributed by atoms with Crippen molar-refractivity contribution in [3.05, 3.63) is 34.7 Å². The van der Waals surface area contributed by atoms with Crippen molar-refractivity contribution in [2.75, 3.05) is 0 Å². The first-order valence-corrected chi connectivity index (χ1v) is 4.95. The SMILES string of the molecule is CC.N/C(=c1/cccc/c1=C(/N)O)C(F)(F)F. The molecule has 0 spiro atoms. The fourth-order valence-electron chi connectivity index (χ4n) is 1.09. The van der Waals surface area contributed by atoms with Gasteiger partial charge in [0.2, 0.25) is 0 Å². The number of rotatable bonds is 0. The maximum Gasteiger partial charge on any atom is 0.431 e. The van der Waals surface area contributed by atoms with Crippen molar-refractivity contribution in [2.45, 2.75) is 20.0 Å². The Morgan fingerprint density at radius 1 is 1.06 bits per heavy atom. The van der Waals surface area contributed by atoms with E-state index < -0.39 is 17.8 Å². The minimum absolute atomic E-state index is 0.132. The van der Waals surface area contributed by atoms with E-state index in [9.17, 15) is 13.2 Å². The molecule has 5 N–H and O–H groups in total. The normalized spacial score (nSPS) is 14.4. The molecule has 0 aliphatic heterocycles. The second-order valence-electron chi connectivity index (χ2n) is 2.84. The predicted molar refractivity (Wildman–Crippen MR) is 60.9 cm³/mol. The molecule has 0 fully saturated rings. The molecule has 0 unspecified atom stereocenters. The number of alkyl halides is 3. The summed E-state index contributed by atoms with van der Waals surface area (Å²) in [5.41, 5.74) is 8.67. The number of halogens is 3. The van der Waals surface area contributed by atoms with Crippen molar-refractivity contribution < 1.29 is 18.3 Å². The van der Waals surface area contributed by atoms with E-state index in [4.69, 9.17) is 16.6 Å². The van der Waals surface area contributed by atoms with E-state index in [-0.39, 0.29) is 10.4 Å². The molecule has 0 aliphatic carbocycles. The summed E-state index contributed by atoms with van der Waals surface area (Å²) in [4.78, 5) is 0. The maximum absolute atomic E-state index is 12.3. The number of benzene rings is 1. The molecule has 0 atom stereocenters. The van der Waals surface area contributed by atoms with Crippen molar-refractivity contribution in [3.8, 4) is 0 Å². The zero-order chi connectivity index (χ0) is 13.6. The van der Waals surface area contributed by atoms with Gasteiger partial charge in [0, 0.05) is 10.4 Å². The van der Waals surface area contributed by atoms with Crippen LogP contribution in [0.5, 0.6) is 0 Å². The molecule has 0 radical (unpaired) electrons. The fourth-order valence-corrected chi connectivity index (χ4v) is 1.09. The summed E-state index contributed by atoms with van der Waals surface area (Å²) in [6.45, 7) is 4.00. The summed E-state index contributed by atoms with van der Waals surface area (Å²) in [6, 6.07) is 5.22. The smallest absolute Gasteiger partial charge is 0.431 e. The average Bonchev–Trinajstić information content (AvgIpc) is 2.29. The van der Waals surface area contributed by atoms with Gasteiger partial charge in [-0.25, -0.2) is 0 Å². The summed E-state index contributed by atoms with van der Waals surface area (Å²) < 4.78 is 36.9. The van der Waals surface area contributed by atoms with Gasteiger partial charge in [0.15, 0.2) is 5.88 Å². The lowest BCUT2D eigenvalue weighted by Crippen LogP contribution is -2.38. The monoisotopic (exact) mass is 248 g/mol. The van der Waals surface area contributed by atoms with Gasteiger partial charge in [0.05, 0.1) is 0 Å². The molecule has 3 nitrogen and oxygen atoms in total.